The summed E-state index contributed by atoms with van der Waals surface area (Å²) in [7, 11) is 2.09. The van der Waals surface area contributed by atoms with E-state index in [2.05, 4.69) is 84.1 Å². The van der Waals surface area contributed by atoms with Crippen LogP contribution in [-0.4, -0.2) is 19.8 Å². The van der Waals surface area contributed by atoms with E-state index in [4.69, 9.17) is 9.47 Å². The van der Waals surface area contributed by atoms with E-state index < -0.39 is 0 Å². The van der Waals surface area contributed by atoms with Crippen molar-refractivity contribution in [2.75, 3.05) is 24.7 Å². The lowest BCUT2D eigenvalue weighted by Crippen LogP contribution is -2.28. The first-order chi connectivity index (χ1) is 16.6. The van der Waals surface area contributed by atoms with Crippen LogP contribution in [0.5, 0.6) is 0 Å². The highest BCUT2D eigenvalue weighted by molar-refractivity contribution is 8.03. The Bertz CT molecular complexity index is 1270. The molecule has 0 atom stereocenters. The van der Waals surface area contributed by atoms with E-state index in [0.29, 0.717) is 13.2 Å². The molecule has 0 aliphatic carbocycles. The Morgan fingerprint density at radius 3 is 2.47 bits per heavy atom. The van der Waals surface area contributed by atoms with E-state index in [1.54, 1.807) is 23.1 Å². The maximum Gasteiger partial charge on any atom is 0.266 e. The SMILES string of the molecule is CCOC(=CC=CC(=Cc1sc2ccccc2[n+]1C)OCC)C=C1Sc2ccccc2N1CC. The second-order valence-electron chi connectivity index (χ2n) is 7.60. The standard InChI is InChI=1S/C28H31N2O2S2/c1-5-30-24-16-9-11-18-26(24)34-28(30)20-22(32-7-3)14-12-13-21(31-6-2)19-27-29(4)23-15-8-10-17-25(23)33-27/h8-20H,5-7H2,1-4H3/q+1. The molecule has 34 heavy (non-hydrogen) atoms. The van der Waals surface area contributed by atoms with Crippen molar-refractivity contribution < 1.29 is 14.0 Å². The Morgan fingerprint density at radius 2 is 1.71 bits per heavy atom. The van der Waals surface area contributed by atoms with Crippen LogP contribution in [0.3, 0.4) is 0 Å². The smallest absolute Gasteiger partial charge is 0.266 e. The average molecular weight is 492 g/mol. The maximum absolute atomic E-state index is 5.95. The summed E-state index contributed by atoms with van der Waals surface area (Å²) >= 11 is 3.54. The average Bonchev–Trinajstić information content (AvgIpc) is 3.36. The number of rotatable bonds is 9. The minimum absolute atomic E-state index is 0.608. The van der Waals surface area contributed by atoms with Crippen LogP contribution in [0.4, 0.5) is 5.69 Å². The van der Waals surface area contributed by atoms with Gasteiger partial charge in [0.05, 0.1) is 30.0 Å². The molecule has 1 aromatic heterocycles. The quantitative estimate of drug-likeness (QED) is 0.182. The highest BCUT2D eigenvalue weighted by Crippen LogP contribution is 2.45. The highest BCUT2D eigenvalue weighted by Gasteiger charge is 2.23. The predicted octanol–water partition coefficient (Wildman–Crippen LogP) is 7.05. The van der Waals surface area contributed by atoms with Gasteiger partial charge in [-0.15, -0.1) is 0 Å². The van der Waals surface area contributed by atoms with Crippen molar-refractivity contribution in [1.82, 2.24) is 0 Å². The van der Waals surface area contributed by atoms with Crippen molar-refractivity contribution >= 4 is 45.1 Å². The zero-order chi connectivity index (χ0) is 23.9. The number of thiazole rings is 1. The normalized spacial score (nSPS) is 15.5. The van der Waals surface area contributed by atoms with Crippen molar-refractivity contribution in [2.24, 2.45) is 7.05 Å². The van der Waals surface area contributed by atoms with Gasteiger partial charge in [-0.2, -0.15) is 4.57 Å². The zero-order valence-electron chi connectivity index (χ0n) is 20.2. The lowest BCUT2D eigenvalue weighted by Gasteiger charge is -2.18. The molecule has 3 aromatic rings. The lowest BCUT2D eigenvalue weighted by atomic mass is 10.3. The molecular formula is C28H31N2O2S2+. The molecule has 0 radical (unpaired) electrons. The summed E-state index contributed by atoms with van der Waals surface area (Å²) in [5.41, 5.74) is 2.48. The second kappa shape index (κ2) is 11.4. The molecule has 0 unspecified atom stereocenters. The zero-order valence-corrected chi connectivity index (χ0v) is 21.8. The number of aryl methyl sites for hydroxylation is 1. The monoisotopic (exact) mass is 491 g/mol. The van der Waals surface area contributed by atoms with Gasteiger partial charge >= 0.3 is 0 Å². The number of aromatic nitrogens is 1. The summed E-state index contributed by atoms with van der Waals surface area (Å²) in [5.74, 6) is 1.65. The Kier molecular flexibility index (Phi) is 8.14. The van der Waals surface area contributed by atoms with Gasteiger partial charge in [0.25, 0.3) is 5.01 Å². The van der Waals surface area contributed by atoms with Crippen LogP contribution in [0.2, 0.25) is 0 Å². The van der Waals surface area contributed by atoms with E-state index in [0.717, 1.165) is 23.1 Å². The Balaban J connectivity index is 1.59. The molecule has 4 rings (SSSR count). The Morgan fingerprint density at radius 1 is 0.971 bits per heavy atom. The molecule has 0 saturated heterocycles. The van der Waals surface area contributed by atoms with Crippen LogP contribution in [0.1, 0.15) is 25.8 Å². The van der Waals surface area contributed by atoms with Gasteiger partial charge in [0.1, 0.15) is 23.3 Å². The molecular weight excluding hydrogens is 460 g/mol. The number of benzene rings is 2. The number of fused-ring (bicyclic) bond motifs is 2. The lowest BCUT2D eigenvalue weighted by molar-refractivity contribution is -0.642. The van der Waals surface area contributed by atoms with E-state index in [-0.39, 0.29) is 0 Å². The third-order valence-corrected chi connectivity index (χ3v) is 7.68. The molecule has 0 fully saturated rings. The van der Waals surface area contributed by atoms with Gasteiger partial charge in [0.15, 0.2) is 0 Å². The number of nitrogens with zero attached hydrogens (tertiary/aromatic N) is 2. The molecule has 1 aliphatic rings. The van der Waals surface area contributed by atoms with Crippen molar-refractivity contribution in [2.45, 2.75) is 25.7 Å². The van der Waals surface area contributed by atoms with Crippen molar-refractivity contribution in [3.8, 4) is 0 Å². The van der Waals surface area contributed by atoms with Crippen LogP contribution < -0.4 is 9.47 Å². The van der Waals surface area contributed by atoms with Crippen molar-refractivity contribution in [1.29, 1.82) is 0 Å². The summed E-state index contributed by atoms with van der Waals surface area (Å²) in [6.45, 7) is 8.32. The first kappa shape index (κ1) is 24.2. The van der Waals surface area contributed by atoms with Crippen LogP contribution >= 0.6 is 23.1 Å². The fourth-order valence-electron chi connectivity index (χ4n) is 3.82. The van der Waals surface area contributed by atoms with Gasteiger partial charge in [0, 0.05) is 23.6 Å². The van der Waals surface area contributed by atoms with Gasteiger partial charge in [0.2, 0.25) is 5.52 Å². The molecule has 2 aromatic carbocycles. The van der Waals surface area contributed by atoms with Gasteiger partial charge < -0.3 is 14.4 Å². The molecule has 0 saturated carbocycles. The van der Waals surface area contributed by atoms with Gasteiger partial charge in [-0.3, -0.25) is 0 Å². The van der Waals surface area contributed by atoms with Gasteiger partial charge in [-0.1, -0.05) is 53.4 Å². The summed E-state index contributed by atoms with van der Waals surface area (Å²) in [6.07, 6.45) is 10.2. The summed E-state index contributed by atoms with van der Waals surface area (Å²) < 4.78 is 15.3. The fraction of sp³-hybridized carbons (Fsp3) is 0.250. The molecule has 176 valence electrons. The minimum Gasteiger partial charge on any atom is -0.494 e. The molecule has 0 bridgehead atoms. The van der Waals surface area contributed by atoms with Crippen LogP contribution in [0.25, 0.3) is 16.3 Å². The van der Waals surface area contributed by atoms with Crippen molar-refractivity contribution in [3.63, 3.8) is 0 Å². The minimum atomic E-state index is 0.608. The molecule has 0 spiro atoms. The summed E-state index contributed by atoms with van der Waals surface area (Å²) in [4.78, 5) is 3.60. The first-order valence-corrected chi connectivity index (χ1v) is 13.3. The Hall–Kier alpha value is -2.96. The molecule has 2 heterocycles. The van der Waals surface area contributed by atoms with Gasteiger partial charge in [-0.05, 0) is 51.1 Å². The summed E-state index contributed by atoms with van der Waals surface area (Å²) in [5, 5.41) is 2.32. The summed E-state index contributed by atoms with van der Waals surface area (Å²) in [6, 6.07) is 16.9. The predicted molar refractivity (Wildman–Crippen MR) is 145 cm³/mol. The number of hydrogen-bond donors (Lipinski definition) is 0. The van der Waals surface area contributed by atoms with Crippen LogP contribution in [0, 0.1) is 0 Å². The largest absolute Gasteiger partial charge is 0.494 e. The number of allylic oxidation sites excluding steroid dienone is 4. The topological polar surface area (TPSA) is 25.6 Å². The number of ether oxygens (including phenoxy) is 2. The van der Waals surface area contributed by atoms with E-state index in [9.17, 15) is 0 Å². The van der Waals surface area contributed by atoms with Crippen LogP contribution in [-0.2, 0) is 16.5 Å². The third kappa shape index (κ3) is 5.40. The second-order valence-corrected chi connectivity index (χ2v) is 9.73. The first-order valence-electron chi connectivity index (χ1n) is 11.6. The molecule has 0 N–H and O–H groups in total. The number of para-hydroxylation sites is 2. The van der Waals surface area contributed by atoms with E-state index >= 15 is 0 Å². The fourth-order valence-corrected chi connectivity index (χ4v) is 6.08. The van der Waals surface area contributed by atoms with Gasteiger partial charge in [-0.25, -0.2) is 0 Å². The van der Waals surface area contributed by atoms with Crippen molar-refractivity contribution in [3.05, 3.63) is 94.4 Å². The molecule has 4 nitrogen and oxygen atoms in total. The number of hydrogen-bond acceptors (Lipinski definition) is 5. The molecule has 0 amide bonds. The maximum atomic E-state index is 5.95. The Labute approximate surface area is 210 Å². The third-order valence-electron chi connectivity index (χ3n) is 5.40. The van der Waals surface area contributed by atoms with E-state index in [1.165, 1.54) is 25.8 Å². The number of anilines is 1. The molecule has 6 heteroatoms. The number of thioether (sulfide) groups is 1. The highest BCUT2D eigenvalue weighted by atomic mass is 32.2. The van der Waals surface area contributed by atoms with Crippen LogP contribution in [0.15, 0.2) is 94.3 Å². The van der Waals surface area contributed by atoms with E-state index in [1.807, 2.05) is 32.1 Å². The molecule has 1 aliphatic heterocycles.